The molecule has 1 amide bonds. The first-order valence-corrected chi connectivity index (χ1v) is 8.66. The highest BCUT2D eigenvalue weighted by Gasteiger charge is 2.26. The second-order valence-corrected chi connectivity index (χ2v) is 6.56. The molecule has 1 saturated heterocycles. The van der Waals surface area contributed by atoms with Gasteiger partial charge >= 0.3 is 0 Å². The van der Waals surface area contributed by atoms with E-state index in [0.717, 1.165) is 19.3 Å². The van der Waals surface area contributed by atoms with Crippen LogP contribution >= 0.6 is 0 Å². The number of amides is 1. The molecule has 0 bridgehead atoms. The molecule has 5 heteroatoms. The first-order valence-electron chi connectivity index (χ1n) is 8.66. The van der Waals surface area contributed by atoms with Crippen LogP contribution in [0.3, 0.4) is 0 Å². The molecule has 5 nitrogen and oxygen atoms in total. The Morgan fingerprint density at radius 2 is 1.88 bits per heavy atom. The molecule has 1 aliphatic rings. The van der Waals surface area contributed by atoms with E-state index >= 15 is 0 Å². The molecule has 1 fully saturated rings. The molecule has 2 aromatic carbocycles. The molecule has 0 aromatic heterocycles. The van der Waals surface area contributed by atoms with Crippen LogP contribution in [0.4, 0.5) is 5.69 Å². The molecule has 1 unspecified atom stereocenters. The lowest BCUT2D eigenvalue weighted by molar-refractivity contribution is -0.385. The Bertz CT molecular complexity index is 774. The van der Waals surface area contributed by atoms with Crippen molar-refractivity contribution >= 4 is 11.6 Å². The van der Waals surface area contributed by atoms with Crippen LogP contribution in [0.15, 0.2) is 48.5 Å². The molecule has 0 saturated carbocycles. The molecule has 25 heavy (non-hydrogen) atoms. The Kier molecular flexibility index (Phi) is 5.12. The van der Waals surface area contributed by atoms with Crippen LogP contribution in [-0.4, -0.2) is 28.8 Å². The molecule has 1 atom stereocenters. The zero-order valence-electron chi connectivity index (χ0n) is 14.4. The van der Waals surface area contributed by atoms with Crippen molar-refractivity contribution in [3.8, 4) is 0 Å². The van der Waals surface area contributed by atoms with E-state index < -0.39 is 4.92 Å². The lowest BCUT2D eigenvalue weighted by Gasteiger charge is -2.25. The normalized spacial score (nSPS) is 17.8. The van der Waals surface area contributed by atoms with Gasteiger partial charge in [0.1, 0.15) is 0 Å². The topological polar surface area (TPSA) is 63.5 Å². The average Bonchev–Trinajstić information content (AvgIpc) is 2.88. The van der Waals surface area contributed by atoms with Crippen LogP contribution < -0.4 is 0 Å². The van der Waals surface area contributed by atoms with Crippen molar-refractivity contribution in [1.29, 1.82) is 0 Å². The minimum Gasteiger partial charge on any atom is -0.338 e. The second-order valence-electron chi connectivity index (χ2n) is 6.56. The Balaban J connectivity index is 1.86. The number of nitrogens with zero attached hydrogens (tertiary/aromatic N) is 2. The van der Waals surface area contributed by atoms with E-state index in [4.69, 9.17) is 0 Å². The molecule has 2 aromatic rings. The maximum Gasteiger partial charge on any atom is 0.273 e. The lowest BCUT2D eigenvalue weighted by atomic mass is 9.94. The van der Waals surface area contributed by atoms with E-state index in [2.05, 4.69) is 12.1 Å². The van der Waals surface area contributed by atoms with Gasteiger partial charge in [0.2, 0.25) is 0 Å². The van der Waals surface area contributed by atoms with Gasteiger partial charge in [-0.2, -0.15) is 0 Å². The van der Waals surface area contributed by atoms with E-state index in [1.807, 2.05) is 23.1 Å². The molecule has 0 spiro atoms. The summed E-state index contributed by atoms with van der Waals surface area (Å²) in [4.78, 5) is 25.6. The Morgan fingerprint density at radius 1 is 1.12 bits per heavy atom. The highest BCUT2D eigenvalue weighted by atomic mass is 16.6. The first kappa shape index (κ1) is 17.1. The number of carbonyl (C=O) groups excluding carboxylic acids is 1. The molecule has 0 radical (unpaired) electrons. The lowest BCUT2D eigenvalue weighted by Crippen LogP contribution is -2.34. The number of likely N-dealkylation sites (tertiary alicyclic amines) is 1. The molecule has 1 aliphatic heterocycles. The number of nitro groups is 1. The SMILES string of the molecule is Cc1c(C(=O)N2CCCCC(c3ccccc3)C2)cccc1[N+](=O)[O-]. The van der Waals surface area contributed by atoms with E-state index in [-0.39, 0.29) is 11.6 Å². The number of hydrogen-bond acceptors (Lipinski definition) is 3. The Hall–Kier alpha value is -2.69. The number of carbonyl (C=O) groups is 1. The van der Waals surface area contributed by atoms with Gasteiger partial charge < -0.3 is 4.90 Å². The summed E-state index contributed by atoms with van der Waals surface area (Å²) in [5.41, 5.74) is 2.12. The summed E-state index contributed by atoms with van der Waals surface area (Å²) < 4.78 is 0. The summed E-state index contributed by atoms with van der Waals surface area (Å²) in [7, 11) is 0. The van der Waals surface area contributed by atoms with Crippen LogP contribution in [0.25, 0.3) is 0 Å². The monoisotopic (exact) mass is 338 g/mol. The van der Waals surface area contributed by atoms with Gasteiger partial charge in [0.15, 0.2) is 0 Å². The van der Waals surface area contributed by atoms with Crippen molar-refractivity contribution in [2.75, 3.05) is 13.1 Å². The van der Waals surface area contributed by atoms with Gasteiger partial charge in [-0.05, 0) is 31.4 Å². The van der Waals surface area contributed by atoms with Gasteiger partial charge in [0.05, 0.1) is 4.92 Å². The number of nitro benzene ring substituents is 1. The summed E-state index contributed by atoms with van der Waals surface area (Å²) in [5, 5.41) is 11.1. The summed E-state index contributed by atoms with van der Waals surface area (Å²) >= 11 is 0. The fraction of sp³-hybridized carbons (Fsp3) is 0.350. The standard InChI is InChI=1S/C20H22N2O3/c1-15-18(11-7-12-19(15)22(24)25)20(23)21-13-6-5-10-17(14-21)16-8-3-2-4-9-16/h2-4,7-9,11-12,17H,5-6,10,13-14H2,1H3. The molecular weight excluding hydrogens is 316 g/mol. The maximum atomic E-state index is 13.0. The predicted octanol–water partition coefficient (Wildman–Crippen LogP) is 4.31. The van der Waals surface area contributed by atoms with Crippen LogP contribution in [0, 0.1) is 17.0 Å². The third-order valence-corrected chi connectivity index (χ3v) is 4.96. The molecule has 1 heterocycles. The summed E-state index contributed by atoms with van der Waals surface area (Å²) in [6.07, 6.45) is 3.10. The van der Waals surface area contributed by atoms with E-state index in [9.17, 15) is 14.9 Å². The van der Waals surface area contributed by atoms with Gasteiger partial charge in [0, 0.05) is 36.2 Å². The van der Waals surface area contributed by atoms with Gasteiger partial charge in [-0.1, -0.05) is 42.8 Å². The third kappa shape index (κ3) is 3.71. The van der Waals surface area contributed by atoms with E-state index in [1.54, 1.807) is 19.1 Å². The van der Waals surface area contributed by atoms with Gasteiger partial charge in [-0.15, -0.1) is 0 Å². The fourth-order valence-electron chi connectivity index (χ4n) is 3.55. The number of rotatable bonds is 3. The minimum atomic E-state index is -0.429. The molecule has 0 N–H and O–H groups in total. The molecule has 130 valence electrons. The van der Waals surface area contributed by atoms with Gasteiger partial charge in [0.25, 0.3) is 11.6 Å². The molecule has 0 aliphatic carbocycles. The zero-order valence-corrected chi connectivity index (χ0v) is 14.4. The largest absolute Gasteiger partial charge is 0.338 e. The highest BCUT2D eigenvalue weighted by Crippen LogP contribution is 2.28. The van der Waals surface area contributed by atoms with Crippen LogP contribution in [0.2, 0.25) is 0 Å². The van der Waals surface area contributed by atoms with E-state index in [0.29, 0.717) is 30.1 Å². The van der Waals surface area contributed by atoms with Crippen molar-refractivity contribution in [3.63, 3.8) is 0 Å². The number of hydrogen-bond donors (Lipinski definition) is 0. The van der Waals surface area contributed by atoms with Gasteiger partial charge in [-0.3, -0.25) is 14.9 Å². The van der Waals surface area contributed by atoms with Crippen LogP contribution in [0.1, 0.15) is 46.7 Å². The highest BCUT2D eigenvalue weighted by molar-refractivity contribution is 5.96. The average molecular weight is 338 g/mol. The Labute approximate surface area is 147 Å². The summed E-state index contributed by atoms with van der Waals surface area (Å²) in [6.45, 7) is 3.01. The first-order chi connectivity index (χ1) is 12.1. The third-order valence-electron chi connectivity index (χ3n) is 4.96. The predicted molar refractivity (Wildman–Crippen MR) is 96.8 cm³/mol. The summed E-state index contributed by atoms with van der Waals surface area (Å²) in [6, 6.07) is 15.0. The van der Waals surface area contributed by atoms with Crippen molar-refractivity contribution in [2.45, 2.75) is 32.1 Å². The van der Waals surface area contributed by atoms with Crippen LogP contribution in [0.5, 0.6) is 0 Å². The minimum absolute atomic E-state index is 0.000260. The van der Waals surface area contributed by atoms with Crippen molar-refractivity contribution in [1.82, 2.24) is 4.90 Å². The van der Waals surface area contributed by atoms with Crippen molar-refractivity contribution in [3.05, 3.63) is 75.3 Å². The van der Waals surface area contributed by atoms with Crippen LogP contribution in [-0.2, 0) is 0 Å². The molecular formula is C20H22N2O3. The van der Waals surface area contributed by atoms with Gasteiger partial charge in [-0.25, -0.2) is 0 Å². The quantitative estimate of drug-likeness (QED) is 0.619. The number of benzene rings is 2. The van der Waals surface area contributed by atoms with Crippen molar-refractivity contribution in [2.24, 2.45) is 0 Å². The second kappa shape index (κ2) is 7.47. The smallest absolute Gasteiger partial charge is 0.273 e. The van der Waals surface area contributed by atoms with Crippen molar-refractivity contribution < 1.29 is 9.72 Å². The molecule has 3 rings (SSSR count). The summed E-state index contributed by atoms with van der Waals surface area (Å²) in [5.74, 6) is 0.204. The fourth-order valence-corrected chi connectivity index (χ4v) is 3.55. The zero-order chi connectivity index (χ0) is 17.8. The van der Waals surface area contributed by atoms with E-state index in [1.165, 1.54) is 11.6 Å². The Morgan fingerprint density at radius 3 is 2.60 bits per heavy atom. The maximum absolute atomic E-state index is 13.0.